The summed E-state index contributed by atoms with van der Waals surface area (Å²) in [5.41, 5.74) is 0. The molecule has 0 bridgehead atoms. The third-order valence-corrected chi connectivity index (χ3v) is 3.15. The molecule has 13 heavy (non-hydrogen) atoms. The first-order valence-corrected chi connectivity index (χ1v) is 5.26. The third kappa shape index (κ3) is 1.93. The number of amides is 1. The Morgan fingerprint density at radius 2 is 2.15 bits per heavy atom. The molecule has 0 unspecified atom stereocenters. The highest BCUT2D eigenvalue weighted by molar-refractivity contribution is 5.80. The molecule has 2 heteroatoms. The van der Waals surface area contributed by atoms with Crippen LogP contribution in [0.5, 0.6) is 0 Å². The number of hydrogen-bond acceptors (Lipinski definition) is 1. The number of allylic oxidation sites excluding steroid dienone is 2. The fraction of sp³-hybridized carbons (Fsp3) is 0.727. The number of hydrogen-bond donors (Lipinski definition) is 1. The van der Waals surface area contributed by atoms with Crippen LogP contribution in [0, 0.1) is 11.8 Å². The van der Waals surface area contributed by atoms with E-state index in [1.165, 1.54) is 12.8 Å². The van der Waals surface area contributed by atoms with Crippen molar-refractivity contribution in [2.45, 2.75) is 38.6 Å². The lowest BCUT2D eigenvalue weighted by Crippen LogP contribution is -2.32. The van der Waals surface area contributed by atoms with Crippen LogP contribution in [0.15, 0.2) is 12.2 Å². The van der Waals surface area contributed by atoms with Crippen molar-refractivity contribution in [3.8, 4) is 0 Å². The van der Waals surface area contributed by atoms with Crippen LogP contribution in [-0.2, 0) is 4.79 Å². The topological polar surface area (TPSA) is 29.1 Å². The van der Waals surface area contributed by atoms with Gasteiger partial charge < -0.3 is 5.32 Å². The largest absolute Gasteiger partial charge is 0.353 e. The van der Waals surface area contributed by atoms with Crippen LogP contribution >= 0.6 is 0 Å². The molecule has 0 aromatic carbocycles. The van der Waals surface area contributed by atoms with E-state index >= 15 is 0 Å². The second-order valence-electron chi connectivity index (χ2n) is 4.16. The lowest BCUT2D eigenvalue weighted by atomic mass is 10.1. The van der Waals surface area contributed by atoms with Crippen molar-refractivity contribution in [1.82, 2.24) is 5.32 Å². The quantitative estimate of drug-likeness (QED) is 0.658. The predicted molar refractivity (Wildman–Crippen MR) is 52.2 cm³/mol. The molecule has 2 atom stereocenters. The molecule has 0 radical (unpaired) electrons. The van der Waals surface area contributed by atoms with Gasteiger partial charge in [-0.15, -0.1) is 0 Å². The Morgan fingerprint density at radius 1 is 1.46 bits per heavy atom. The second kappa shape index (κ2) is 3.52. The summed E-state index contributed by atoms with van der Waals surface area (Å²) in [6, 6.07) is 0.498. The summed E-state index contributed by atoms with van der Waals surface area (Å²) in [5, 5.41) is 3.12. The fourth-order valence-electron chi connectivity index (χ4n) is 2.01. The molecule has 1 N–H and O–H groups in total. The number of rotatable bonds is 3. The van der Waals surface area contributed by atoms with Crippen LogP contribution in [0.4, 0.5) is 0 Å². The molecule has 1 saturated carbocycles. The maximum absolute atomic E-state index is 11.6. The van der Waals surface area contributed by atoms with Gasteiger partial charge in [0.1, 0.15) is 0 Å². The first-order chi connectivity index (χ1) is 6.31. The Morgan fingerprint density at radius 3 is 2.69 bits per heavy atom. The summed E-state index contributed by atoms with van der Waals surface area (Å²) in [7, 11) is 0. The summed E-state index contributed by atoms with van der Waals surface area (Å²) in [6.07, 6.45) is 8.49. The van der Waals surface area contributed by atoms with Gasteiger partial charge in [0.25, 0.3) is 0 Å². The van der Waals surface area contributed by atoms with Crippen molar-refractivity contribution >= 4 is 5.91 Å². The zero-order valence-electron chi connectivity index (χ0n) is 8.12. The van der Waals surface area contributed by atoms with Gasteiger partial charge in [-0.25, -0.2) is 0 Å². The van der Waals surface area contributed by atoms with Crippen LogP contribution in [0.1, 0.15) is 32.6 Å². The maximum Gasteiger partial charge on any atom is 0.223 e. The maximum atomic E-state index is 11.6. The van der Waals surface area contributed by atoms with Gasteiger partial charge in [0, 0.05) is 12.0 Å². The summed E-state index contributed by atoms with van der Waals surface area (Å²) >= 11 is 0. The van der Waals surface area contributed by atoms with Crippen molar-refractivity contribution in [3.05, 3.63) is 12.2 Å². The van der Waals surface area contributed by atoms with E-state index in [0.29, 0.717) is 6.04 Å². The molecule has 0 spiro atoms. The molecule has 0 aliphatic heterocycles. The molecule has 2 rings (SSSR count). The summed E-state index contributed by atoms with van der Waals surface area (Å²) < 4.78 is 0. The molecule has 0 aromatic heterocycles. The van der Waals surface area contributed by atoms with Gasteiger partial charge in [0.05, 0.1) is 0 Å². The average Bonchev–Trinajstić information content (AvgIpc) is 2.68. The van der Waals surface area contributed by atoms with Gasteiger partial charge in [-0.1, -0.05) is 25.5 Å². The van der Waals surface area contributed by atoms with E-state index in [2.05, 4.69) is 24.4 Å². The Hall–Kier alpha value is -0.790. The Labute approximate surface area is 79.4 Å². The molecule has 2 aliphatic carbocycles. The van der Waals surface area contributed by atoms with Crippen LogP contribution in [-0.4, -0.2) is 11.9 Å². The molecular weight excluding hydrogens is 162 g/mol. The van der Waals surface area contributed by atoms with Crippen LogP contribution in [0.2, 0.25) is 0 Å². The van der Waals surface area contributed by atoms with Gasteiger partial charge in [0.15, 0.2) is 0 Å². The van der Waals surface area contributed by atoms with Gasteiger partial charge in [-0.2, -0.15) is 0 Å². The summed E-state index contributed by atoms with van der Waals surface area (Å²) in [4.78, 5) is 11.6. The standard InChI is InChI=1S/C11H17NO/c1-2-8-7-10(8)12-11(13)9-5-3-4-6-9/h3-4,8-10H,2,5-7H2,1H3,(H,12,13)/t8-,10-/m1/s1. The van der Waals surface area contributed by atoms with Crippen LogP contribution < -0.4 is 5.32 Å². The molecule has 0 saturated heterocycles. The van der Waals surface area contributed by atoms with Gasteiger partial charge in [-0.05, 0) is 25.2 Å². The van der Waals surface area contributed by atoms with Crippen LogP contribution in [0.3, 0.4) is 0 Å². The van der Waals surface area contributed by atoms with Gasteiger partial charge >= 0.3 is 0 Å². The normalized spacial score (nSPS) is 32.1. The molecule has 0 aromatic rings. The van der Waals surface area contributed by atoms with Crippen molar-refractivity contribution in [2.75, 3.05) is 0 Å². The van der Waals surface area contributed by atoms with Crippen molar-refractivity contribution in [3.63, 3.8) is 0 Å². The van der Waals surface area contributed by atoms with Crippen molar-refractivity contribution < 1.29 is 4.79 Å². The predicted octanol–water partition coefficient (Wildman–Crippen LogP) is 1.87. The Bertz CT molecular complexity index is 226. The van der Waals surface area contributed by atoms with E-state index in [1.54, 1.807) is 0 Å². The SMILES string of the molecule is CC[C@@H]1C[C@H]1NC(=O)C1CC=CC1. The number of nitrogens with one attached hydrogen (secondary N) is 1. The number of carbonyl (C=O) groups is 1. The first kappa shape index (κ1) is 8.79. The lowest BCUT2D eigenvalue weighted by Gasteiger charge is -2.09. The fourth-order valence-corrected chi connectivity index (χ4v) is 2.01. The molecule has 1 amide bonds. The lowest BCUT2D eigenvalue weighted by molar-refractivity contribution is -0.124. The highest BCUT2D eigenvalue weighted by atomic mass is 16.2. The molecule has 2 aliphatic rings. The minimum absolute atomic E-state index is 0.234. The third-order valence-electron chi connectivity index (χ3n) is 3.15. The monoisotopic (exact) mass is 179 g/mol. The van der Waals surface area contributed by atoms with Crippen molar-refractivity contribution in [2.24, 2.45) is 11.8 Å². The molecule has 1 fully saturated rings. The zero-order valence-corrected chi connectivity index (χ0v) is 8.12. The first-order valence-electron chi connectivity index (χ1n) is 5.26. The minimum Gasteiger partial charge on any atom is -0.353 e. The van der Waals surface area contributed by atoms with Gasteiger partial charge in [0.2, 0.25) is 5.91 Å². The van der Waals surface area contributed by atoms with E-state index in [1.807, 2.05) is 0 Å². The van der Waals surface area contributed by atoms with E-state index in [4.69, 9.17) is 0 Å². The molecule has 72 valence electrons. The highest BCUT2D eigenvalue weighted by Gasteiger charge is 2.37. The average molecular weight is 179 g/mol. The van der Waals surface area contributed by atoms with Crippen LogP contribution in [0.25, 0.3) is 0 Å². The smallest absolute Gasteiger partial charge is 0.223 e. The molecular formula is C11H17NO. The summed E-state index contributed by atoms with van der Waals surface area (Å²) in [5.74, 6) is 1.27. The van der Waals surface area contributed by atoms with E-state index < -0.39 is 0 Å². The molecule has 2 nitrogen and oxygen atoms in total. The Kier molecular flexibility index (Phi) is 2.38. The molecule has 0 heterocycles. The Balaban J connectivity index is 1.73. The van der Waals surface area contributed by atoms with E-state index in [9.17, 15) is 4.79 Å². The summed E-state index contributed by atoms with van der Waals surface area (Å²) in [6.45, 7) is 2.19. The minimum atomic E-state index is 0.234. The van der Waals surface area contributed by atoms with Crippen molar-refractivity contribution in [1.29, 1.82) is 0 Å². The van der Waals surface area contributed by atoms with E-state index in [0.717, 1.165) is 18.8 Å². The number of carbonyl (C=O) groups excluding carboxylic acids is 1. The van der Waals surface area contributed by atoms with Gasteiger partial charge in [-0.3, -0.25) is 4.79 Å². The van der Waals surface area contributed by atoms with E-state index in [-0.39, 0.29) is 11.8 Å². The second-order valence-corrected chi connectivity index (χ2v) is 4.16. The highest BCUT2D eigenvalue weighted by Crippen LogP contribution is 2.33. The zero-order chi connectivity index (χ0) is 9.26.